The number of nitrogens with two attached hydrogens (primary N) is 1. The van der Waals surface area contributed by atoms with Crippen molar-refractivity contribution in [3.8, 4) is 0 Å². The standard InChI is InChI=1S/C11H11BrFN3O2/c12-7-1-6(3-15-4-7)11(18)16-5-8(13)2-9(16)10(14)17/h1,3-4,8-9H,2,5H2,(H2,14,17)/t8-,9+/m1/s1. The number of carbonyl (C=O) groups excluding carboxylic acids is 2. The molecule has 1 aromatic rings. The SMILES string of the molecule is NC(=O)[C@@H]1C[C@@H](F)CN1C(=O)c1cncc(Br)c1. The van der Waals surface area contributed by atoms with Gasteiger partial charge in [0.2, 0.25) is 5.91 Å². The third-order valence-electron chi connectivity index (χ3n) is 2.79. The van der Waals surface area contributed by atoms with Crippen molar-refractivity contribution in [3.05, 3.63) is 28.5 Å². The van der Waals surface area contributed by atoms with Crippen LogP contribution in [0.2, 0.25) is 0 Å². The van der Waals surface area contributed by atoms with E-state index in [9.17, 15) is 14.0 Å². The van der Waals surface area contributed by atoms with Crippen LogP contribution in [0.3, 0.4) is 0 Å². The summed E-state index contributed by atoms with van der Waals surface area (Å²) in [6.07, 6.45) is 1.65. The number of rotatable bonds is 2. The molecule has 0 spiro atoms. The highest BCUT2D eigenvalue weighted by molar-refractivity contribution is 9.10. The van der Waals surface area contributed by atoms with E-state index in [1.807, 2.05) is 0 Å². The van der Waals surface area contributed by atoms with Gasteiger partial charge < -0.3 is 10.6 Å². The molecule has 1 aromatic heterocycles. The van der Waals surface area contributed by atoms with Gasteiger partial charge in [0, 0.05) is 23.3 Å². The van der Waals surface area contributed by atoms with Gasteiger partial charge in [-0.25, -0.2) is 4.39 Å². The predicted molar refractivity (Wildman–Crippen MR) is 65.5 cm³/mol. The molecule has 1 saturated heterocycles. The molecule has 1 fully saturated rings. The van der Waals surface area contributed by atoms with Crippen LogP contribution in [-0.2, 0) is 4.79 Å². The molecule has 1 aliphatic rings. The summed E-state index contributed by atoms with van der Waals surface area (Å²) in [6.45, 7) is -0.112. The van der Waals surface area contributed by atoms with E-state index in [0.717, 1.165) is 4.90 Å². The molecule has 2 atom stereocenters. The Hall–Kier alpha value is -1.50. The number of hydrogen-bond donors (Lipinski definition) is 1. The lowest BCUT2D eigenvalue weighted by molar-refractivity contribution is -0.121. The van der Waals surface area contributed by atoms with E-state index >= 15 is 0 Å². The first-order valence-corrected chi connectivity index (χ1v) is 6.13. The zero-order chi connectivity index (χ0) is 13.3. The first-order chi connectivity index (χ1) is 8.49. The molecule has 18 heavy (non-hydrogen) atoms. The third-order valence-corrected chi connectivity index (χ3v) is 3.22. The second kappa shape index (κ2) is 5.01. The fourth-order valence-corrected chi connectivity index (χ4v) is 2.34. The fourth-order valence-electron chi connectivity index (χ4n) is 1.97. The largest absolute Gasteiger partial charge is 0.368 e. The van der Waals surface area contributed by atoms with Gasteiger partial charge in [-0.3, -0.25) is 14.6 Å². The summed E-state index contributed by atoms with van der Waals surface area (Å²) in [5, 5.41) is 0. The summed E-state index contributed by atoms with van der Waals surface area (Å²) in [6, 6.07) is 0.686. The minimum Gasteiger partial charge on any atom is -0.368 e. The van der Waals surface area contributed by atoms with E-state index in [1.165, 1.54) is 12.4 Å². The summed E-state index contributed by atoms with van der Waals surface area (Å²) >= 11 is 3.20. The van der Waals surface area contributed by atoms with Crippen LogP contribution in [0.4, 0.5) is 4.39 Å². The van der Waals surface area contributed by atoms with Gasteiger partial charge in [0.05, 0.1) is 12.1 Å². The van der Waals surface area contributed by atoms with Gasteiger partial charge in [-0.15, -0.1) is 0 Å². The summed E-state index contributed by atoms with van der Waals surface area (Å²) in [5.41, 5.74) is 5.47. The highest BCUT2D eigenvalue weighted by atomic mass is 79.9. The normalized spacial score (nSPS) is 23.1. The quantitative estimate of drug-likeness (QED) is 0.880. The highest BCUT2D eigenvalue weighted by Gasteiger charge is 2.39. The van der Waals surface area contributed by atoms with Crippen molar-refractivity contribution in [2.75, 3.05) is 6.54 Å². The Morgan fingerprint density at radius 1 is 1.50 bits per heavy atom. The lowest BCUT2D eigenvalue weighted by Crippen LogP contribution is -2.43. The topological polar surface area (TPSA) is 76.3 Å². The minimum absolute atomic E-state index is 0.0392. The number of aromatic nitrogens is 1. The second-order valence-corrected chi connectivity index (χ2v) is 5.02. The molecule has 96 valence electrons. The molecule has 2 heterocycles. The molecule has 0 unspecified atom stereocenters. The Labute approximate surface area is 111 Å². The number of nitrogens with zero attached hydrogens (tertiary/aromatic N) is 2. The van der Waals surface area contributed by atoms with Crippen LogP contribution >= 0.6 is 15.9 Å². The average molecular weight is 316 g/mol. The molecule has 0 saturated carbocycles. The Balaban J connectivity index is 2.25. The molecule has 0 bridgehead atoms. The molecule has 0 aliphatic carbocycles. The Morgan fingerprint density at radius 2 is 2.22 bits per heavy atom. The van der Waals surface area contributed by atoms with Crippen molar-refractivity contribution in [1.29, 1.82) is 0 Å². The molecule has 1 aliphatic heterocycles. The molecule has 7 heteroatoms. The molecule has 0 radical (unpaired) electrons. The maximum Gasteiger partial charge on any atom is 0.256 e. The molecule has 5 nitrogen and oxygen atoms in total. The van der Waals surface area contributed by atoms with Gasteiger partial charge in [-0.2, -0.15) is 0 Å². The summed E-state index contributed by atoms with van der Waals surface area (Å²) < 4.78 is 14.0. The molecular formula is C11H11BrFN3O2. The van der Waals surface area contributed by atoms with Crippen LogP contribution in [0.5, 0.6) is 0 Å². The molecule has 0 aromatic carbocycles. The Morgan fingerprint density at radius 3 is 2.83 bits per heavy atom. The van der Waals surface area contributed by atoms with Gasteiger partial charge in [0.15, 0.2) is 0 Å². The number of pyridine rings is 1. The number of primary amides is 1. The maximum atomic E-state index is 13.3. The summed E-state index contributed by atoms with van der Waals surface area (Å²) in [4.78, 5) is 28.4. The number of amides is 2. The predicted octanol–water partition coefficient (Wildman–Crippen LogP) is 0.882. The van der Waals surface area contributed by atoms with Crippen LogP contribution < -0.4 is 5.73 Å². The van der Waals surface area contributed by atoms with Crippen molar-refractivity contribution < 1.29 is 14.0 Å². The fraction of sp³-hybridized carbons (Fsp3) is 0.364. The van der Waals surface area contributed by atoms with Crippen LogP contribution in [-0.4, -0.2) is 40.5 Å². The van der Waals surface area contributed by atoms with Gasteiger partial charge >= 0.3 is 0 Å². The molecule has 2 rings (SSSR count). The van der Waals surface area contributed by atoms with Crippen LogP contribution in [0, 0.1) is 0 Å². The first-order valence-electron chi connectivity index (χ1n) is 5.34. The Bertz CT molecular complexity index is 497. The van der Waals surface area contributed by atoms with Gasteiger partial charge in [-0.1, -0.05) is 0 Å². The second-order valence-electron chi connectivity index (χ2n) is 4.10. The van der Waals surface area contributed by atoms with E-state index in [0.29, 0.717) is 10.0 Å². The zero-order valence-corrected chi connectivity index (χ0v) is 10.9. The highest BCUT2D eigenvalue weighted by Crippen LogP contribution is 2.23. The van der Waals surface area contributed by atoms with E-state index in [4.69, 9.17) is 5.73 Å². The monoisotopic (exact) mass is 315 g/mol. The van der Waals surface area contributed by atoms with Gasteiger partial charge in [0.1, 0.15) is 12.2 Å². The lowest BCUT2D eigenvalue weighted by atomic mass is 10.2. The van der Waals surface area contributed by atoms with Crippen LogP contribution in [0.25, 0.3) is 0 Å². The summed E-state index contributed by atoms with van der Waals surface area (Å²) in [5.74, 6) is -1.13. The van der Waals surface area contributed by atoms with E-state index in [2.05, 4.69) is 20.9 Å². The van der Waals surface area contributed by atoms with Crippen molar-refractivity contribution in [2.45, 2.75) is 18.6 Å². The summed E-state index contributed by atoms with van der Waals surface area (Å²) in [7, 11) is 0. The van der Waals surface area contributed by atoms with Crippen molar-refractivity contribution in [3.63, 3.8) is 0 Å². The third kappa shape index (κ3) is 2.50. The lowest BCUT2D eigenvalue weighted by Gasteiger charge is -2.21. The molecule has 2 amide bonds. The van der Waals surface area contributed by atoms with E-state index in [-0.39, 0.29) is 13.0 Å². The number of hydrogen-bond acceptors (Lipinski definition) is 3. The smallest absolute Gasteiger partial charge is 0.256 e. The first kappa shape index (κ1) is 12.9. The van der Waals surface area contributed by atoms with Gasteiger partial charge in [0.25, 0.3) is 5.91 Å². The maximum absolute atomic E-state index is 13.3. The number of halogens is 2. The zero-order valence-electron chi connectivity index (χ0n) is 9.35. The van der Waals surface area contributed by atoms with E-state index in [1.54, 1.807) is 6.07 Å². The molecule has 2 N–H and O–H groups in total. The Kier molecular flexibility index (Phi) is 3.60. The van der Waals surface area contributed by atoms with Crippen LogP contribution in [0.1, 0.15) is 16.8 Å². The van der Waals surface area contributed by atoms with Gasteiger partial charge in [-0.05, 0) is 22.0 Å². The average Bonchev–Trinajstić information content (AvgIpc) is 2.70. The van der Waals surface area contributed by atoms with Crippen molar-refractivity contribution >= 4 is 27.7 Å². The van der Waals surface area contributed by atoms with Crippen molar-refractivity contribution in [1.82, 2.24) is 9.88 Å². The number of carbonyl (C=O) groups is 2. The number of alkyl halides is 1. The van der Waals surface area contributed by atoms with Crippen LogP contribution in [0.15, 0.2) is 22.9 Å². The molecular weight excluding hydrogens is 305 g/mol. The van der Waals surface area contributed by atoms with E-state index < -0.39 is 24.0 Å². The van der Waals surface area contributed by atoms with Crippen molar-refractivity contribution in [2.24, 2.45) is 5.73 Å². The minimum atomic E-state index is -1.22. The number of likely N-dealkylation sites (tertiary alicyclic amines) is 1.